The molecule has 0 aliphatic carbocycles. The van der Waals surface area contributed by atoms with Crippen molar-refractivity contribution in [2.75, 3.05) is 31.8 Å². The maximum absolute atomic E-state index is 5.26. The molecule has 16 heavy (non-hydrogen) atoms. The van der Waals surface area contributed by atoms with Crippen molar-refractivity contribution in [3.8, 4) is 11.5 Å². The lowest BCUT2D eigenvalue weighted by Gasteiger charge is -2.14. The summed E-state index contributed by atoms with van der Waals surface area (Å²) >= 11 is 4.18. The van der Waals surface area contributed by atoms with Crippen LogP contribution < -0.4 is 14.8 Å². The van der Waals surface area contributed by atoms with E-state index < -0.39 is 0 Å². The van der Waals surface area contributed by atoms with Crippen molar-refractivity contribution < 1.29 is 9.47 Å². The van der Waals surface area contributed by atoms with Crippen molar-refractivity contribution >= 4 is 18.3 Å². The summed E-state index contributed by atoms with van der Waals surface area (Å²) in [5, 5.41) is 3.36. The highest BCUT2D eigenvalue weighted by Crippen LogP contribution is 2.32. The van der Waals surface area contributed by atoms with Gasteiger partial charge in [-0.05, 0) is 30.7 Å². The molecule has 4 heteroatoms. The SMILES string of the molecule is COc1cc(C)c(NCCCS)cc1OC. The minimum Gasteiger partial charge on any atom is -0.493 e. The van der Waals surface area contributed by atoms with Gasteiger partial charge < -0.3 is 14.8 Å². The Morgan fingerprint density at radius 3 is 2.38 bits per heavy atom. The van der Waals surface area contributed by atoms with Gasteiger partial charge in [-0.2, -0.15) is 12.6 Å². The molecule has 0 fully saturated rings. The molecule has 0 saturated heterocycles. The van der Waals surface area contributed by atoms with E-state index >= 15 is 0 Å². The number of hydrogen-bond acceptors (Lipinski definition) is 4. The van der Waals surface area contributed by atoms with E-state index in [0.29, 0.717) is 0 Å². The number of anilines is 1. The third-order valence-electron chi connectivity index (χ3n) is 2.38. The van der Waals surface area contributed by atoms with Gasteiger partial charge in [-0.25, -0.2) is 0 Å². The highest BCUT2D eigenvalue weighted by atomic mass is 32.1. The molecule has 0 bridgehead atoms. The summed E-state index contributed by atoms with van der Waals surface area (Å²) in [6.45, 7) is 2.96. The number of benzene rings is 1. The Hall–Kier alpha value is -1.03. The molecule has 0 heterocycles. The van der Waals surface area contributed by atoms with Crippen LogP contribution in [-0.2, 0) is 0 Å². The van der Waals surface area contributed by atoms with Crippen LogP contribution in [0.5, 0.6) is 11.5 Å². The quantitative estimate of drug-likeness (QED) is 0.593. The van der Waals surface area contributed by atoms with Gasteiger partial charge in [0, 0.05) is 18.3 Å². The molecule has 1 rings (SSSR count). The molecule has 0 atom stereocenters. The maximum Gasteiger partial charge on any atom is 0.162 e. The smallest absolute Gasteiger partial charge is 0.162 e. The third-order valence-corrected chi connectivity index (χ3v) is 2.70. The van der Waals surface area contributed by atoms with Gasteiger partial charge >= 0.3 is 0 Å². The number of ether oxygens (including phenoxy) is 2. The fraction of sp³-hybridized carbons (Fsp3) is 0.500. The highest BCUT2D eigenvalue weighted by Gasteiger charge is 2.07. The van der Waals surface area contributed by atoms with Gasteiger partial charge in [0.15, 0.2) is 11.5 Å². The topological polar surface area (TPSA) is 30.5 Å². The zero-order valence-corrected chi connectivity index (χ0v) is 10.9. The second-order valence-corrected chi connectivity index (χ2v) is 3.97. The Kier molecular flexibility index (Phi) is 5.32. The van der Waals surface area contributed by atoms with E-state index in [0.717, 1.165) is 41.5 Å². The second-order valence-electron chi connectivity index (χ2n) is 3.53. The number of methoxy groups -OCH3 is 2. The predicted molar refractivity (Wildman–Crippen MR) is 71.2 cm³/mol. The third kappa shape index (κ3) is 3.23. The molecular formula is C12H19NO2S. The minimum absolute atomic E-state index is 0.751. The van der Waals surface area contributed by atoms with Crippen LogP contribution in [0.1, 0.15) is 12.0 Å². The Morgan fingerprint density at radius 1 is 1.19 bits per heavy atom. The van der Waals surface area contributed by atoms with Crippen molar-refractivity contribution in [2.24, 2.45) is 0 Å². The molecule has 0 aromatic heterocycles. The number of aryl methyl sites for hydroxylation is 1. The van der Waals surface area contributed by atoms with Gasteiger partial charge in [-0.1, -0.05) is 0 Å². The summed E-state index contributed by atoms with van der Waals surface area (Å²) in [4.78, 5) is 0. The van der Waals surface area contributed by atoms with Crippen LogP contribution in [0.3, 0.4) is 0 Å². The van der Waals surface area contributed by atoms with E-state index in [9.17, 15) is 0 Å². The molecular weight excluding hydrogens is 222 g/mol. The molecule has 1 aromatic rings. The van der Waals surface area contributed by atoms with Crippen LogP contribution in [0.4, 0.5) is 5.69 Å². The Labute approximate surface area is 103 Å². The van der Waals surface area contributed by atoms with Gasteiger partial charge in [0.05, 0.1) is 14.2 Å². The molecule has 0 aliphatic rings. The van der Waals surface area contributed by atoms with Gasteiger partial charge in [0.25, 0.3) is 0 Å². The number of nitrogens with one attached hydrogen (secondary N) is 1. The first-order chi connectivity index (χ1) is 7.72. The lowest BCUT2D eigenvalue weighted by molar-refractivity contribution is 0.355. The highest BCUT2D eigenvalue weighted by molar-refractivity contribution is 7.80. The number of hydrogen-bond donors (Lipinski definition) is 2. The van der Waals surface area contributed by atoms with Crippen LogP contribution in [0.25, 0.3) is 0 Å². The van der Waals surface area contributed by atoms with Gasteiger partial charge in [0.2, 0.25) is 0 Å². The largest absolute Gasteiger partial charge is 0.493 e. The minimum atomic E-state index is 0.751. The van der Waals surface area contributed by atoms with E-state index in [2.05, 4.69) is 17.9 Å². The van der Waals surface area contributed by atoms with Crippen LogP contribution in [0.15, 0.2) is 12.1 Å². The molecule has 1 N–H and O–H groups in total. The Morgan fingerprint density at radius 2 is 1.81 bits per heavy atom. The van der Waals surface area contributed by atoms with E-state index in [-0.39, 0.29) is 0 Å². The molecule has 90 valence electrons. The zero-order chi connectivity index (χ0) is 12.0. The first kappa shape index (κ1) is 13.0. The summed E-state index contributed by atoms with van der Waals surface area (Å²) in [7, 11) is 3.29. The van der Waals surface area contributed by atoms with Crippen LogP contribution in [-0.4, -0.2) is 26.5 Å². The Balaban J connectivity index is 2.84. The lowest BCUT2D eigenvalue weighted by atomic mass is 10.1. The second kappa shape index (κ2) is 6.53. The first-order valence-electron chi connectivity index (χ1n) is 5.30. The normalized spacial score (nSPS) is 10.0. The fourth-order valence-corrected chi connectivity index (χ4v) is 1.63. The fourth-order valence-electron chi connectivity index (χ4n) is 1.47. The molecule has 0 radical (unpaired) electrons. The van der Waals surface area contributed by atoms with E-state index in [4.69, 9.17) is 9.47 Å². The number of rotatable bonds is 6. The van der Waals surface area contributed by atoms with Crippen molar-refractivity contribution in [3.63, 3.8) is 0 Å². The summed E-state index contributed by atoms with van der Waals surface area (Å²) in [5.74, 6) is 2.40. The van der Waals surface area contributed by atoms with Crippen LogP contribution >= 0.6 is 12.6 Å². The van der Waals surface area contributed by atoms with Crippen LogP contribution in [0.2, 0.25) is 0 Å². The van der Waals surface area contributed by atoms with Gasteiger partial charge in [0.1, 0.15) is 0 Å². The molecule has 0 saturated carbocycles. The van der Waals surface area contributed by atoms with E-state index in [1.54, 1.807) is 14.2 Å². The van der Waals surface area contributed by atoms with Crippen molar-refractivity contribution in [1.82, 2.24) is 0 Å². The van der Waals surface area contributed by atoms with Crippen molar-refractivity contribution in [1.29, 1.82) is 0 Å². The average molecular weight is 241 g/mol. The summed E-state index contributed by atoms with van der Waals surface area (Å²) < 4.78 is 10.5. The lowest BCUT2D eigenvalue weighted by Crippen LogP contribution is -2.04. The van der Waals surface area contributed by atoms with E-state index in [1.165, 1.54) is 0 Å². The summed E-state index contributed by atoms with van der Waals surface area (Å²) in [6, 6.07) is 3.94. The van der Waals surface area contributed by atoms with Crippen molar-refractivity contribution in [3.05, 3.63) is 17.7 Å². The molecule has 0 unspecified atom stereocenters. The molecule has 0 spiro atoms. The molecule has 0 amide bonds. The van der Waals surface area contributed by atoms with E-state index in [1.807, 2.05) is 19.1 Å². The van der Waals surface area contributed by atoms with Gasteiger partial charge in [-0.15, -0.1) is 0 Å². The summed E-state index contributed by atoms with van der Waals surface area (Å²) in [6.07, 6.45) is 1.04. The van der Waals surface area contributed by atoms with Crippen LogP contribution in [0, 0.1) is 6.92 Å². The number of thiol groups is 1. The molecule has 1 aromatic carbocycles. The van der Waals surface area contributed by atoms with Gasteiger partial charge in [-0.3, -0.25) is 0 Å². The predicted octanol–water partition coefficient (Wildman–Crippen LogP) is 2.74. The maximum atomic E-state index is 5.26. The monoisotopic (exact) mass is 241 g/mol. The molecule has 3 nitrogen and oxygen atoms in total. The standard InChI is InChI=1S/C12H19NO2S/c1-9-7-11(14-2)12(15-3)8-10(9)13-5-4-6-16/h7-8,13,16H,4-6H2,1-3H3. The zero-order valence-electron chi connectivity index (χ0n) is 10.0. The summed E-state index contributed by atoms with van der Waals surface area (Å²) in [5.41, 5.74) is 2.23. The van der Waals surface area contributed by atoms with Crippen molar-refractivity contribution in [2.45, 2.75) is 13.3 Å². The first-order valence-corrected chi connectivity index (χ1v) is 5.93. The molecule has 0 aliphatic heterocycles. The Bertz CT molecular complexity index is 342. The average Bonchev–Trinajstić information content (AvgIpc) is 2.31.